The van der Waals surface area contributed by atoms with Crippen LogP contribution in [-0.2, 0) is 4.79 Å². The highest BCUT2D eigenvalue weighted by Crippen LogP contribution is 2.19. The van der Waals surface area contributed by atoms with Crippen molar-refractivity contribution in [2.75, 3.05) is 5.32 Å². The van der Waals surface area contributed by atoms with Gasteiger partial charge in [0.05, 0.1) is 18.1 Å². The van der Waals surface area contributed by atoms with Crippen molar-refractivity contribution in [1.29, 1.82) is 0 Å². The number of aromatic nitrogens is 3. The van der Waals surface area contributed by atoms with Crippen LogP contribution in [0.2, 0.25) is 0 Å². The zero-order valence-corrected chi connectivity index (χ0v) is 11.8. The van der Waals surface area contributed by atoms with Crippen LogP contribution in [0.15, 0.2) is 54.2 Å². The van der Waals surface area contributed by atoms with E-state index in [1.54, 1.807) is 24.5 Å². The third-order valence-electron chi connectivity index (χ3n) is 2.92. The molecule has 0 spiro atoms. The molecule has 2 heterocycles. The fraction of sp³-hybridized carbons (Fsp3) is 0.0714. The number of carbonyl (C=O) groups excluding carboxylic acids is 1. The number of benzene rings is 1. The second-order valence-corrected chi connectivity index (χ2v) is 5.33. The highest BCUT2D eigenvalue weighted by Gasteiger charge is 2.16. The normalized spacial score (nSPS) is 12.0. The number of nitrogens with two attached hydrogens (primary N) is 1. The van der Waals surface area contributed by atoms with Gasteiger partial charge in [-0.25, -0.2) is 0 Å². The molecule has 1 aromatic carbocycles. The summed E-state index contributed by atoms with van der Waals surface area (Å²) in [6.07, 6.45) is 3.21. The SMILES string of the molecule is NC(C(=O)Nc1ccc(-n2nccn2)cc1)c1cccs1. The fourth-order valence-electron chi connectivity index (χ4n) is 1.84. The van der Waals surface area contributed by atoms with E-state index in [1.807, 2.05) is 29.6 Å². The van der Waals surface area contributed by atoms with E-state index in [9.17, 15) is 4.79 Å². The standard InChI is InChI=1S/C14H13N5OS/c15-13(12-2-1-9-21-12)14(20)18-10-3-5-11(6-4-10)19-16-7-8-17-19/h1-9,13H,15H2,(H,18,20). The van der Waals surface area contributed by atoms with E-state index in [1.165, 1.54) is 16.1 Å². The van der Waals surface area contributed by atoms with Crippen molar-refractivity contribution < 1.29 is 4.79 Å². The molecule has 106 valence electrons. The molecule has 3 aromatic rings. The quantitative estimate of drug-likeness (QED) is 0.771. The molecule has 7 heteroatoms. The molecule has 0 aliphatic heterocycles. The van der Waals surface area contributed by atoms with Crippen molar-refractivity contribution >= 4 is 22.9 Å². The lowest BCUT2D eigenvalue weighted by Gasteiger charge is -2.11. The lowest BCUT2D eigenvalue weighted by molar-refractivity contribution is -0.117. The smallest absolute Gasteiger partial charge is 0.246 e. The molecule has 0 aliphatic carbocycles. The van der Waals surface area contributed by atoms with Crippen molar-refractivity contribution in [1.82, 2.24) is 15.0 Å². The lowest BCUT2D eigenvalue weighted by atomic mass is 10.2. The van der Waals surface area contributed by atoms with E-state index >= 15 is 0 Å². The second kappa shape index (κ2) is 5.86. The van der Waals surface area contributed by atoms with Gasteiger partial charge in [-0.15, -0.1) is 11.3 Å². The Labute approximate surface area is 125 Å². The van der Waals surface area contributed by atoms with Crippen molar-refractivity contribution in [2.24, 2.45) is 5.73 Å². The van der Waals surface area contributed by atoms with Gasteiger partial charge in [-0.3, -0.25) is 4.79 Å². The Bertz CT molecular complexity index is 706. The minimum absolute atomic E-state index is 0.234. The molecule has 0 radical (unpaired) electrons. The second-order valence-electron chi connectivity index (χ2n) is 4.35. The van der Waals surface area contributed by atoms with Crippen LogP contribution < -0.4 is 11.1 Å². The highest BCUT2D eigenvalue weighted by molar-refractivity contribution is 7.10. The zero-order chi connectivity index (χ0) is 14.7. The van der Waals surface area contributed by atoms with Gasteiger partial charge in [0.1, 0.15) is 6.04 Å². The van der Waals surface area contributed by atoms with Gasteiger partial charge in [0.2, 0.25) is 5.91 Å². The number of carbonyl (C=O) groups is 1. The number of anilines is 1. The molecular formula is C14H13N5OS. The molecular weight excluding hydrogens is 286 g/mol. The Kier molecular flexibility index (Phi) is 3.76. The maximum Gasteiger partial charge on any atom is 0.246 e. The van der Waals surface area contributed by atoms with E-state index in [-0.39, 0.29) is 5.91 Å². The molecule has 0 aliphatic rings. The van der Waals surface area contributed by atoms with Gasteiger partial charge >= 0.3 is 0 Å². The third kappa shape index (κ3) is 2.99. The Morgan fingerprint density at radius 2 is 1.90 bits per heavy atom. The van der Waals surface area contributed by atoms with Gasteiger partial charge in [0.15, 0.2) is 0 Å². The molecule has 1 unspecified atom stereocenters. The van der Waals surface area contributed by atoms with Crippen LogP contribution in [0.5, 0.6) is 0 Å². The first-order chi connectivity index (χ1) is 10.2. The Morgan fingerprint density at radius 3 is 2.52 bits per heavy atom. The van der Waals surface area contributed by atoms with Gasteiger partial charge < -0.3 is 11.1 Å². The maximum atomic E-state index is 12.1. The van der Waals surface area contributed by atoms with Crippen LogP contribution in [0.1, 0.15) is 10.9 Å². The Morgan fingerprint density at radius 1 is 1.19 bits per heavy atom. The van der Waals surface area contributed by atoms with E-state index < -0.39 is 6.04 Å². The maximum absolute atomic E-state index is 12.1. The first-order valence-corrected chi connectivity index (χ1v) is 7.18. The number of nitrogens with zero attached hydrogens (tertiary/aromatic N) is 3. The molecule has 2 aromatic heterocycles. The van der Waals surface area contributed by atoms with E-state index in [0.29, 0.717) is 5.69 Å². The summed E-state index contributed by atoms with van der Waals surface area (Å²) in [5.41, 5.74) is 7.42. The highest BCUT2D eigenvalue weighted by atomic mass is 32.1. The van der Waals surface area contributed by atoms with Crippen LogP contribution >= 0.6 is 11.3 Å². The molecule has 3 rings (SSSR count). The fourth-order valence-corrected chi connectivity index (χ4v) is 2.57. The molecule has 6 nitrogen and oxygen atoms in total. The van der Waals surface area contributed by atoms with Crippen molar-refractivity contribution in [3.8, 4) is 5.69 Å². The monoisotopic (exact) mass is 299 g/mol. The third-order valence-corrected chi connectivity index (χ3v) is 3.87. The van der Waals surface area contributed by atoms with E-state index in [0.717, 1.165) is 10.6 Å². The van der Waals surface area contributed by atoms with Crippen LogP contribution in [0.4, 0.5) is 5.69 Å². The van der Waals surface area contributed by atoms with Crippen LogP contribution in [0.25, 0.3) is 5.69 Å². The predicted octanol–water partition coefficient (Wildman–Crippen LogP) is 1.97. The Hall–Kier alpha value is -2.51. The number of hydrogen-bond acceptors (Lipinski definition) is 5. The van der Waals surface area contributed by atoms with Crippen LogP contribution in [0, 0.1) is 0 Å². The molecule has 21 heavy (non-hydrogen) atoms. The summed E-state index contributed by atoms with van der Waals surface area (Å²) in [5, 5.41) is 12.8. The summed E-state index contributed by atoms with van der Waals surface area (Å²) >= 11 is 1.46. The molecule has 1 amide bonds. The average molecular weight is 299 g/mol. The number of amides is 1. The molecule has 0 saturated heterocycles. The molecule has 0 saturated carbocycles. The van der Waals surface area contributed by atoms with Gasteiger partial charge in [0.25, 0.3) is 0 Å². The number of hydrogen-bond donors (Lipinski definition) is 2. The van der Waals surface area contributed by atoms with Crippen molar-refractivity contribution in [3.05, 3.63) is 59.0 Å². The molecule has 0 bridgehead atoms. The summed E-state index contributed by atoms with van der Waals surface area (Å²) < 4.78 is 0. The van der Waals surface area contributed by atoms with E-state index in [2.05, 4.69) is 15.5 Å². The number of nitrogens with one attached hydrogen (secondary N) is 1. The lowest BCUT2D eigenvalue weighted by Crippen LogP contribution is -2.26. The summed E-state index contributed by atoms with van der Waals surface area (Å²) in [5.74, 6) is -0.234. The van der Waals surface area contributed by atoms with Crippen LogP contribution in [0.3, 0.4) is 0 Å². The zero-order valence-electron chi connectivity index (χ0n) is 11.0. The van der Waals surface area contributed by atoms with Gasteiger partial charge in [-0.1, -0.05) is 6.07 Å². The van der Waals surface area contributed by atoms with Crippen molar-refractivity contribution in [2.45, 2.75) is 6.04 Å². The van der Waals surface area contributed by atoms with Gasteiger partial charge in [-0.2, -0.15) is 15.0 Å². The average Bonchev–Trinajstić information content (AvgIpc) is 3.20. The topological polar surface area (TPSA) is 85.8 Å². The summed E-state index contributed by atoms with van der Waals surface area (Å²) in [6, 6.07) is 10.3. The largest absolute Gasteiger partial charge is 0.324 e. The number of rotatable bonds is 4. The Balaban J connectivity index is 1.69. The van der Waals surface area contributed by atoms with E-state index in [4.69, 9.17) is 5.73 Å². The predicted molar refractivity (Wildman–Crippen MR) is 81.2 cm³/mol. The van der Waals surface area contributed by atoms with Gasteiger partial charge in [-0.05, 0) is 35.7 Å². The minimum Gasteiger partial charge on any atom is -0.324 e. The van der Waals surface area contributed by atoms with Gasteiger partial charge in [0, 0.05) is 10.6 Å². The van der Waals surface area contributed by atoms with Crippen molar-refractivity contribution in [3.63, 3.8) is 0 Å². The molecule has 1 atom stereocenters. The minimum atomic E-state index is -0.655. The number of thiophene rings is 1. The first-order valence-electron chi connectivity index (χ1n) is 6.30. The molecule has 3 N–H and O–H groups in total. The summed E-state index contributed by atoms with van der Waals surface area (Å²) in [6.45, 7) is 0. The molecule has 0 fully saturated rings. The van der Waals surface area contributed by atoms with Crippen LogP contribution in [-0.4, -0.2) is 20.9 Å². The summed E-state index contributed by atoms with van der Waals surface area (Å²) in [4.78, 5) is 14.4. The first kappa shape index (κ1) is 13.5. The summed E-state index contributed by atoms with van der Waals surface area (Å²) in [7, 11) is 0.